The summed E-state index contributed by atoms with van der Waals surface area (Å²) in [5, 5.41) is 10.4. The summed E-state index contributed by atoms with van der Waals surface area (Å²) in [6.07, 6.45) is 4.99. The smallest absolute Gasteiger partial charge is 0.186 e. The van der Waals surface area contributed by atoms with Crippen LogP contribution in [0.2, 0.25) is 19.1 Å². The van der Waals surface area contributed by atoms with E-state index in [-0.39, 0.29) is 0 Å². The van der Waals surface area contributed by atoms with Crippen molar-refractivity contribution in [2.24, 2.45) is 0 Å². The zero-order valence-corrected chi connectivity index (χ0v) is 11.3. The number of rotatable bonds is 8. The van der Waals surface area contributed by atoms with Gasteiger partial charge in [-0.25, -0.2) is 0 Å². The molecule has 0 spiro atoms. The normalized spacial score (nSPS) is 11.3. The van der Waals surface area contributed by atoms with E-state index in [9.17, 15) is 0 Å². The average molecular weight is 231 g/mol. The molecule has 0 atom stereocenters. The van der Waals surface area contributed by atoms with Crippen molar-refractivity contribution in [3.05, 3.63) is 0 Å². The van der Waals surface area contributed by atoms with Gasteiger partial charge in [0.15, 0.2) is 8.32 Å². The molecule has 2 nitrogen and oxygen atoms in total. The molecule has 0 aromatic carbocycles. The molecule has 0 radical (unpaired) electrons. The van der Waals surface area contributed by atoms with Crippen LogP contribution in [0.15, 0.2) is 0 Å². The second kappa shape index (κ2) is 8.34. The first kappa shape index (κ1) is 14.0. The first-order valence-electron chi connectivity index (χ1n) is 5.18. The second-order valence-corrected chi connectivity index (χ2v) is 9.37. The molecule has 14 heavy (non-hydrogen) atoms. The van der Waals surface area contributed by atoms with Gasteiger partial charge in [0.1, 0.15) is 5.40 Å². The number of thioether (sulfide) groups is 1. The van der Waals surface area contributed by atoms with Crippen LogP contribution in [0.3, 0.4) is 0 Å². The number of hydrogen-bond donors (Lipinski definition) is 0. The summed E-state index contributed by atoms with van der Waals surface area (Å²) in [5.74, 6) is 0.988. The Hall–Kier alpha value is 0.0169. The summed E-state index contributed by atoms with van der Waals surface area (Å²) in [6.45, 7) is 4.52. The lowest BCUT2D eigenvalue weighted by Crippen LogP contribution is -2.27. The van der Waals surface area contributed by atoms with Gasteiger partial charge in [-0.1, -0.05) is 19.3 Å². The molecule has 0 aliphatic heterocycles. The van der Waals surface area contributed by atoms with Crippen molar-refractivity contribution in [1.82, 2.24) is 0 Å². The molecule has 0 aromatic heterocycles. The van der Waals surface area contributed by atoms with Crippen molar-refractivity contribution in [3.8, 4) is 5.40 Å². The topological polar surface area (TPSA) is 33.0 Å². The number of nitrogens with zero attached hydrogens (tertiary/aromatic N) is 1. The van der Waals surface area contributed by atoms with Crippen molar-refractivity contribution >= 4 is 20.1 Å². The Bertz CT molecular complexity index is 179. The molecule has 4 heteroatoms. The quantitative estimate of drug-likeness (QED) is 0.363. The summed E-state index contributed by atoms with van der Waals surface area (Å²) >= 11 is 1.37. The highest BCUT2D eigenvalue weighted by Gasteiger charge is 2.18. The summed E-state index contributed by atoms with van der Waals surface area (Å²) in [4.78, 5) is 0. The van der Waals surface area contributed by atoms with Crippen molar-refractivity contribution < 1.29 is 4.43 Å². The van der Waals surface area contributed by atoms with Crippen molar-refractivity contribution in [1.29, 1.82) is 5.26 Å². The highest BCUT2D eigenvalue weighted by molar-refractivity contribution is 8.03. The lowest BCUT2D eigenvalue weighted by atomic mass is 10.2. The fraction of sp³-hybridized carbons (Fsp3) is 0.900. The van der Waals surface area contributed by atoms with E-state index in [4.69, 9.17) is 9.69 Å². The molecule has 0 unspecified atom stereocenters. The van der Waals surface area contributed by atoms with Gasteiger partial charge in [-0.3, -0.25) is 0 Å². The molecule has 82 valence electrons. The average Bonchev–Trinajstić information content (AvgIpc) is 2.16. The minimum atomic E-state index is -1.31. The highest BCUT2D eigenvalue weighted by atomic mass is 32.2. The standard InChI is InChI=1S/C10H21NOSSi/c1-12-14(2,3)9-7-5-4-6-8-13-10-11/h4-9H2,1-3H3. The molecule has 0 amide bonds. The molecule has 0 N–H and O–H groups in total. The summed E-state index contributed by atoms with van der Waals surface area (Å²) in [5.41, 5.74) is 0. The van der Waals surface area contributed by atoms with E-state index in [0.717, 1.165) is 5.75 Å². The number of unbranched alkanes of at least 4 members (excludes halogenated alkanes) is 3. The molecule has 0 saturated carbocycles. The van der Waals surface area contributed by atoms with Crippen LogP contribution in [0.4, 0.5) is 0 Å². The van der Waals surface area contributed by atoms with Gasteiger partial charge in [-0.05, 0) is 37.3 Å². The Morgan fingerprint density at radius 3 is 2.43 bits per heavy atom. The molecule has 0 fully saturated rings. The summed E-state index contributed by atoms with van der Waals surface area (Å²) in [7, 11) is 0.519. The van der Waals surface area contributed by atoms with Crippen LogP contribution >= 0.6 is 11.8 Å². The molecule has 0 rings (SSSR count). The predicted molar refractivity (Wildman–Crippen MR) is 65.8 cm³/mol. The van der Waals surface area contributed by atoms with Gasteiger partial charge >= 0.3 is 0 Å². The van der Waals surface area contributed by atoms with Gasteiger partial charge in [0.2, 0.25) is 0 Å². The van der Waals surface area contributed by atoms with E-state index >= 15 is 0 Å². The maximum absolute atomic E-state index is 8.31. The molecular weight excluding hydrogens is 210 g/mol. The third kappa shape index (κ3) is 8.61. The first-order chi connectivity index (χ1) is 6.62. The Morgan fingerprint density at radius 2 is 1.86 bits per heavy atom. The Balaban J connectivity index is 3.18. The van der Waals surface area contributed by atoms with E-state index in [1.54, 1.807) is 0 Å². The van der Waals surface area contributed by atoms with Crippen LogP contribution in [-0.2, 0) is 4.43 Å². The maximum atomic E-state index is 8.31. The SMILES string of the molecule is CO[Si](C)(C)CCCCCCSC#N. The molecule has 0 saturated heterocycles. The number of hydrogen-bond acceptors (Lipinski definition) is 3. The predicted octanol–water partition coefficient (Wildman–Crippen LogP) is 3.61. The molecule has 0 aromatic rings. The zero-order valence-electron chi connectivity index (χ0n) is 9.51. The lowest BCUT2D eigenvalue weighted by Gasteiger charge is -2.19. The van der Waals surface area contributed by atoms with Crippen LogP contribution in [0, 0.1) is 10.7 Å². The highest BCUT2D eigenvalue weighted by Crippen LogP contribution is 2.16. The summed E-state index contributed by atoms with van der Waals surface area (Å²) in [6, 6.07) is 1.26. The van der Waals surface area contributed by atoms with Crippen LogP contribution in [-0.4, -0.2) is 21.2 Å². The van der Waals surface area contributed by atoms with Crippen molar-refractivity contribution in [3.63, 3.8) is 0 Å². The van der Waals surface area contributed by atoms with E-state index in [0.29, 0.717) is 0 Å². The Kier molecular flexibility index (Phi) is 8.35. The fourth-order valence-electron chi connectivity index (χ4n) is 1.23. The molecular formula is C10H21NOSSi. The Morgan fingerprint density at radius 1 is 1.21 bits per heavy atom. The monoisotopic (exact) mass is 231 g/mol. The van der Waals surface area contributed by atoms with Gasteiger partial charge in [0, 0.05) is 12.9 Å². The van der Waals surface area contributed by atoms with Gasteiger partial charge < -0.3 is 4.43 Å². The van der Waals surface area contributed by atoms with E-state index in [1.807, 2.05) is 7.11 Å². The van der Waals surface area contributed by atoms with Crippen molar-refractivity contribution in [2.75, 3.05) is 12.9 Å². The molecule has 0 bridgehead atoms. The van der Waals surface area contributed by atoms with Crippen LogP contribution in [0.1, 0.15) is 25.7 Å². The van der Waals surface area contributed by atoms with E-state index in [2.05, 4.69) is 18.5 Å². The number of thiocyanates is 1. The summed E-state index contributed by atoms with van der Waals surface area (Å²) < 4.78 is 5.47. The fourth-order valence-corrected chi connectivity index (χ4v) is 2.97. The van der Waals surface area contributed by atoms with Crippen molar-refractivity contribution in [2.45, 2.75) is 44.8 Å². The zero-order chi connectivity index (χ0) is 10.9. The minimum absolute atomic E-state index is 0.988. The van der Waals surface area contributed by atoms with E-state index < -0.39 is 8.32 Å². The first-order valence-corrected chi connectivity index (χ1v) is 9.28. The molecule has 0 aliphatic carbocycles. The van der Waals surface area contributed by atoms with E-state index in [1.165, 1.54) is 43.5 Å². The van der Waals surface area contributed by atoms with Crippen LogP contribution in [0.5, 0.6) is 0 Å². The Labute approximate surface area is 93.2 Å². The van der Waals surface area contributed by atoms with Gasteiger partial charge in [-0.15, -0.1) is 0 Å². The molecule has 0 heterocycles. The second-order valence-electron chi connectivity index (χ2n) is 4.07. The molecule has 0 aliphatic rings. The van der Waals surface area contributed by atoms with Gasteiger partial charge in [0.05, 0.1) is 0 Å². The third-order valence-corrected chi connectivity index (χ3v) is 5.68. The minimum Gasteiger partial charge on any atom is -0.420 e. The maximum Gasteiger partial charge on any atom is 0.186 e. The number of nitriles is 1. The third-order valence-electron chi connectivity index (χ3n) is 2.39. The lowest BCUT2D eigenvalue weighted by molar-refractivity contribution is 0.401. The van der Waals surface area contributed by atoms with Crippen LogP contribution < -0.4 is 0 Å². The largest absolute Gasteiger partial charge is 0.420 e. The van der Waals surface area contributed by atoms with Gasteiger partial charge in [0.25, 0.3) is 0 Å². The van der Waals surface area contributed by atoms with Gasteiger partial charge in [-0.2, -0.15) is 5.26 Å². The van der Waals surface area contributed by atoms with Crippen LogP contribution in [0.25, 0.3) is 0 Å².